The molecular weight excluding hydrogens is 398 g/mol. The highest BCUT2D eigenvalue weighted by atomic mass is 32.1. The number of aryl methyl sites for hydroxylation is 2. The van der Waals surface area contributed by atoms with Crippen molar-refractivity contribution in [3.63, 3.8) is 0 Å². The molecule has 1 aromatic heterocycles. The lowest BCUT2D eigenvalue weighted by Gasteiger charge is -2.33. The number of amides is 2. The summed E-state index contributed by atoms with van der Waals surface area (Å²) >= 11 is 1.63. The maximum absolute atomic E-state index is 12.8. The summed E-state index contributed by atoms with van der Waals surface area (Å²) in [6.45, 7) is 6.04. The number of hydrogen-bond donors (Lipinski definition) is 1. The Hall–Kier alpha value is -3.19. The van der Waals surface area contributed by atoms with Gasteiger partial charge in [-0.1, -0.05) is 30.3 Å². The van der Waals surface area contributed by atoms with Crippen LogP contribution in [0.2, 0.25) is 0 Å². The molecule has 0 spiro atoms. The third-order valence-electron chi connectivity index (χ3n) is 4.98. The van der Waals surface area contributed by atoms with E-state index in [-0.39, 0.29) is 18.4 Å². The van der Waals surface area contributed by atoms with E-state index in [0.29, 0.717) is 18.0 Å². The minimum absolute atomic E-state index is 0.0646. The van der Waals surface area contributed by atoms with Gasteiger partial charge in [0.2, 0.25) is 5.91 Å². The van der Waals surface area contributed by atoms with Crippen LogP contribution in [-0.4, -0.2) is 29.4 Å². The molecule has 7 heteroatoms. The molecule has 2 heterocycles. The van der Waals surface area contributed by atoms with Gasteiger partial charge in [0, 0.05) is 17.0 Å². The van der Waals surface area contributed by atoms with Crippen molar-refractivity contribution in [2.75, 3.05) is 11.4 Å². The zero-order chi connectivity index (χ0) is 21.3. The van der Waals surface area contributed by atoms with Gasteiger partial charge in [0.05, 0.1) is 16.4 Å². The van der Waals surface area contributed by atoms with E-state index in [1.807, 2.05) is 62.4 Å². The number of aromatic nitrogens is 1. The fraction of sp³-hybridized carbons (Fsp3) is 0.261. The molecule has 154 valence electrons. The summed E-state index contributed by atoms with van der Waals surface area (Å²) in [5.41, 5.74) is 3.39. The Morgan fingerprint density at radius 3 is 2.67 bits per heavy atom. The first kappa shape index (κ1) is 20.1. The third-order valence-corrected chi connectivity index (χ3v) is 5.86. The monoisotopic (exact) mass is 421 g/mol. The number of anilines is 1. The Morgan fingerprint density at radius 2 is 1.97 bits per heavy atom. The van der Waals surface area contributed by atoms with Gasteiger partial charge in [0.15, 0.2) is 6.10 Å². The van der Waals surface area contributed by atoms with Gasteiger partial charge in [-0.3, -0.25) is 14.5 Å². The van der Waals surface area contributed by atoms with Crippen LogP contribution in [0.3, 0.4) is 0 Å². The van der Waals surface area contributed by atoms with Gasteiger partial charge in [-0.25, -0.2) is 4.98 Å². The van der Waals surface area contributed by atoms with Crippen LogP contribution in [0.25, 0.3) is 11.3 Å². The topological polar surface area (TPSA) is 71.5 Å². The second-order valence-corrected chi connectivity index (χ2v) is 8.67. The summed E-state index contributed by atoms with van der Waals surface area (Å²) in [5.74, 6) is 0.130. The number of fused-ring (bicyclic) bond motifs is 1. The number of hydrogen-bond acceptors (Lipinski definition) is 5. The molecule has 0 fully saturated rings. The molecule has 4 rings (SSSR count). The molecule has 0 radical (unpaired) electrons. The van der Waals surface area contributed by atoms with E-state index < -0.39 is 6.10 Å². The quantitative estimate of drug-likeness (QED) is 0.679. The summed E-state index contributed by atoms with van der Waals surface area (Å²) in [4.78, 5) is 32.6. The van der Waals surface area contributed by atoms with Gasteiger partial charge < -0.3 is 10.1 Å². The van der Waals surface area contributed by atoms with Crippen molar-refractivity contribution in [1.82, 2.24) is 10.3 Å². The van der Waals surface area contributed by atoms with Crippen molar-refractivity contribution in [3.05, 3.63) is 64.0 Å². The average molecular weight is 422 g/mol. The molecule has 1 N–H and O–H groups in total. The predicted molar refractivity (Wildman–Crippen MR) is 118 cm³/mol. The molecule has 2 aromatic carbocycles. The first-order valence-corrected chi connectivity index (χ1v) is 10.6. The molecule has 1 aliphatic heterocycles. The Balaban J connectivity index is 1.58. The van der Waals surface area contributed by atoms with Gasteiger partial charge in [-0.05, 0) is 44.5 Å². The largest absolute Gasteiger partial charge is 0.479 e. The molecule has 6 nitrogen and oxygen atoms in total. The van der Waals surface area contributed by atoms with Gasteiger partial charge in [0.1, 0.15) is 12.3 Å². The molecule has 0 saturated heterocycles. The van der Waals surface area contributed by atoms with Gasteiger partial charge in [-0.15, -0.1) is 11.3 Å². The molecule has 3 aromatic rings. The van der Waals surface area contributed by atoms with E-state index >= 15 is 0 Å². The van der Waals surface area contributed by atoms with E-state index in [2.05, 4.69) is 10.3 Å². The normalized spacial score (nSPS) is 15.5. The molecule has 0 aliphatic carbocycles. The van der Waals surface area contributed by atoms with E-state index in [1.165, 1.54) is 4.90 Å². The Kier molecular flexibility index (Phi) is 5.55. The molecule has 1 atom stereocenters. The van der Waals surface area contributed by atoms with E-state index in [1.54, 1.807) is 18.3 Å². The van der Waals surface area contributed by atoms with Crippen molar-refractivity contribution in [1.29, 1.82) is 0 Å². The minimum atomic E-state index is -0.645. The minimum Gasteiger partial charge on any atom is -0.479 e. The summed E-state index contributed by atoms with van der Waals surface area (Å²) < 4.78 is 5.77. The van der Waals surface area contributed by atoms with Crippen LogP contribution in [0.15, 0.2) is 48.5 Å². The van der Waals surface area contributed by atoms with Crippen molar-refractivity contribution >= 4 is 28.8 Å². The van der Waals surface area contributed by atoms with Crippen LogP contribution in [0, 0.1) is 13.8 Å². The Bertz CT molecular complexity index is 1090. The van der Waals surface area contributed by atoms with Crippen LogP contribution < -0.4 is 15.0 Å². The molecule has 1 unspecified atom stereocenters. The van der Waals surface area contributed by atoms with Gasteiger partial charge in [-0.2, -0.15) is 0 Å². The first-order valence-electron chi connectivity index (χ1n) is 9.79. The third kappa shape index (κ3) is 4.07. The van der Waals surface area contributed by atoms with Crippen LogP contribution >= 0.6 is 11.3 Å². The van der Waals surface area contributed by atoms with Crippen LogP contribution in [-0.2, 0) is 16.1 Å². The lowest BCUT2D eigenvalue weighted by Crippen LogP contribution is -2.48. The van der Waals surface area contributed by atoms with Crippen LogP contribution in [0.1, 0.15) is 22.4 Å². The zero-order valence-corrected chi connectivity index (χ0v) is 18.0. The van der Waals surface area contributed by atoms with Crippen LogP contribution in [0.5, 0.6) is 5.75 Å². The molecule has 0 saturated carbocycles. The molecule has 0 bridgehead atoms. The van der Waals surface area contributed by atoms with Gasteiger partial charge in [0.25, 0.3) is 5.91 Å². The summed E-state index contributed by atoms with van der Waals surface area (Å²) in [5, 5.41) is 3.87. The predicted octanol–water partition coefficient (Wildman–Crippen LogP) is 3.86. The number of ether oxygens (including phenoxy) is 1. The Morgan fingerprint density at radius 1 is 1.20 bits per heavy atom. The van der Waals surface area contributed by atoms with Gasteiger partial charge >= 0.3 is 0 Å². The number of carbonyl (C=O) groups excluding carboxylic acids is 2. The fourth-order valence-electron chi connectivity index (χ4n) is 3.51. The van der Waals surface area contributed by atoms with Crippen molar-refractivity contribution in [2.45, 2.75) is 33.4 Å². The lowest BCUT2D eigenvalue weighted by molar-refractivity contribution is -0.128. The average Bonchev–Trinajstić information content (AvgIpc) is 3.08. The molecular formula is C23H23N3O3S. The summed E-state index contributed by atoms with van der Waals surface area (Å²) in [6, 6.07) is 15.3. The standard InChI is InChI=1S/C23H23N3O3S/c1-14-23(28)26(13-21(27)24-12-17-7-5-4-6-8-17)19-11-18(9-10-20(19)29-14)22-15(2)30-16(3)25-22/h4-11,14H,12-13H2,1-3H3,(H,24,27). The van der Waals surface area contributed by atoms with E-state index in [4.69, 9.17) is 4.74 Å². The van der Waals surface area contributed by atoms with Crippen LogP contribution in [0.4, 0.5) is 5.69 Å². The number of nitrogens with zero attached hydrogens (tertiary/aromatic N) is 2. The SMILES string of the molecule is Cc1nc(-c2ccc3c(c2)N(CC(=O)NCc2ccccc2)C(=O)C(C)O3)c(C)s1. The number of benzene rings is 2. The lowest BCUT2D eigenvalue weighted by atomic mass is 10.1. The summed E-state index contributed by atoms with van der Waals surface area (Å²) in [7, 11) is 0. The maximum atomic E-state index is 12.8. The molecule has 1 aliphatic rings. The van der Waals surface area contributed by atoms with Crippen molar-refractivity contribution in [3.8, 4) is 17.0 Å². The number of rotatable bonds is 5. The molecule has 30 heavy (non-hydrogen) atoms. The molecule has 2 amide bonds. The first-order chi connectivity index (χ1) is 14.4. The highest BCUT2D eigenvalue weighted by Crippen LogP contribution is 2.38. The second kappa shape index (κ2) is 8.28. The highest BCUT2D eigenvalue weighted by Gasteiger charge is 2.33. The van der Waals surface area contributed by atoms with Crippen molar-refractivity contribution in [2.24, 2.45) is 0 Å². The zero-order valence-electron chi connectivity index (χ0n) is 17.1. The maximum Gasteiger partial charge on any atom is 0.268 e. The second-order valence-electron chi connectivity index (χ2n) is 7.27. The summed E-state index contributed by atoms with van der Waals surface area (Å²) in [6.07, 6.45) is -0.645. The number of carbonyl (C=O) groups is 2. The Labute approximate surface area is 179 Å². The smallest absolute Gasteiger partial charge is 0.268 e. The number of thiazole rings is 1. The number of nitrogens with one attached hydrogen (secondary N) is 1. The highest BCUT2D eigenvalue weighted by molar-refractivity contribution is 7.11. The van der Waals surface area contributed by atoms with E-state index in [9.17, 15) is 9.59 Å². The van der Waals surface area contributed by atoms with Crippen molar-refractivity contribution < 1.29 is 14.3 Å². The van der Waals surface area contributed by atoms with E-state index in [0.717, 1.165) is 26.7 Å². The fourth-order valence-corrected chi connectivity index (χ4v) is 4.35.